The Hall–Kier alpha value is -12.6. The van der Waals surface area contributed by atoms with Gasteiger partial charge in [-0.3, -0.25) is 0 Å². The number of nitrogens with zero attached hydrogens (tertiary/aromatic N) is 3. The Morgan fingerprint density at radius 1 is 0.216 bits per heavy atom. The van der Waals surface area contributed by atoms with Crippen molar-refractivity contribution in [3.63, 3.8) is 0 Å². The lowest BCUT2D eigenvalue weighted by molar-refractivity contribution is 0.465. The van der Waals surface area contributed by atoms with Crippen molar-refractivity contribution in [3.05, 3.63) is 358 Å². The fourth-order valence-electron chi connectivity index (χ4n) is 15.5. The van der Waals surface area contributed by atoms with Gasteiger partial charge in [-0.25, -0.2) is 0 Å². The van der Waals surface area contributed by atoms with Crippen LogP contribution in [0, 0.1) is 0 Å². The Kier molecular flexibility index (Phi) is 13.4. The molecule has 5 nitrogen and oxygen atoms in total. The molecule has 0 spiro atoms. The predicted molar refractivity (Wildman–Crippen MR) is 405 cm³/mol. The van der Waals surface area contributed by atoms with Crippen LogP contribution >= 0.6 is 0 Å². The van der Waals surface area contributed by atoms with Crippen LogP contribution in [-0.4, -0.2) is 13.4 Å². The van der Waals surface area contributed by atoms with Gasteiger partial charge in [0.2, 0.25) is 0 Å². The molecule has 0 radical (unpaired) electrons. The summed E-state index contributed by atoms with van der Waals surface area (Å²) in [6, 6.07) is 130. The van der Waals surface area contributed by atoms with Crippen molar-refractivity contribution in [3.8, 4) is 89.8 Å². The van der Waals surface area contributed by atoms with E-state index >= 15 is 0 Å². The molecule has 15 aromatic carbocycles. The molecule has 0 atom stereocenters. The maximum absolute atomic E-state index is 7.59. The molecule has 0 fully saturated rings. The highest BCUT2D eigenvalue weighted by Gasteiger charge is 2.47. The zero-order chi connectivity index (χ0) is 63.9. The minimum absolute atomic E-state index is 0.196. The van der Waals surface area contributed by atoms with Crippen LogP contribution in [-0.2, 0) is 0 Å². The minimum atomic E-state index is -0.216. The number of para-hydroxylation sites is 2. The molecule has 7 heteroatoms. The molecule has 4 aliphatic heterocycles. The molecular formula is C90H59B2N3O2. The second-order valence-electron chi connectivity index (χ2n) is 25.5. The van der Waals surface area contributed by atoms with E-state index in [9.17, 15) is 0 Å². The summed E-state index contributed by atoms with van der Waals surface area (Å²) in [7, 11) is 0. The number of anilines is 9. The molecule has 0 amide bonds. The molecule has 19 rings (SSSR count). The highest BCUT2D eigenvalue weighted by Crippen LogP contribution is 2.51. The second-order valence-corrected chi connectivity index (χ2v) is 25.5. The van der Waals surface area contributed by atoms with Crippen molar-refractivity contribution in [2.45, 2.75) is 0 Å². The van der Waals surface area contributed by atoms with Crippen LogP contribution in [0.4, 0.5) is 51.2 Å². The van der Waals surface area contributed by atoms with Gasteiger partial charge < -0.3 is 24.2 Å². The lowest BCUT2D eigenvalue weighted by Gasteiger charge is -2.45. The van der Waals surface area contributed by atoms with Gasteiger partial charge in [-0.05, 0) is 179 Å². The molecule has 0 aliphatic carbocycles. The summed E-state index contributed by atoms with van der Waals surface area (Å²) in [4.78, 5) is 7.49. The molecule has 4 aliphatic rings. The molecule has 0 saturated heterocycles. The van der Waals surface area contributed by atoms with Crippen molar-refractivity contribution < 1.29 is 9.47 Å². The quantitative estimate of drug-likeness (QED) is 0.120. The Labute approximate surface area is 565 Å². The zero-order valence-electron chi connectivity index (χ0n) is 52.9. The smallest absolute Gasteiger partial charge is 0.260 e. The van der Waals surface area contributed by atoms with E-state index in [1.165, 1.54) is 33.1 Å². The number of hydrogen-bond acceptors (Lipinski definition) is 5. The van der Waals surface area contributed by atoms with Crippen LogP contribution in [0.3, 0.4) is 0 Å². The molecule has 15 aromatic rings. The van der Waals surface area contributed by atoms with Crippen LogP contribution in [0.25, 0.3) is 66.8 Å². The average molecular weight is 1240 g/mol. The van der Waals surface area contributed by atoms with Gasteiger partial charge in [-0.1, -0.05) is 267 Å². The van der Waals surface area contributed by atoms with E-state index in [-0.39, 0.29) is 13.4 Å². The fraction of sp³-hybridized carbons (Fsp3) is 0. The van der Waals surface area contributed by atoms with Crippen LogP contribution in [0.5, 0.6) is 23.0 Å². The summed E-state index contributed by atoms with van der Waals surface area (Å²) >= 11 is 0. The van der Waals surface area contributed by atoms with Gasteiger partial charge in [0.15, 0.2) is 0 Å². The van der Waals surface area contributed by atoms with Crippen molar-refractivity contribution in [2.75, 3.05) is 14.7 Å². The summed E-state index contributed by atoms with van der Waals surface area (Å²) in [5.41, 5.74) is 30.0. The molecule has 0 unspecified atom stereocenters. The summed E-state index contributed by atoms with van der Waals surface area (Å²) in [6.45, 7) is -0.412. The van der Waals surface area contributed by atoms with Gasteiger partial charge in [0.05, 0.1) is 5.69 Å². The molecule has 0 saturated carbocycles. The van der Waals surface area contributed by atoms with E-state index < -0.39 is 0 Å². The van der Waals surface area contributed by atoms with Gasteiger partial charge in [0, 0.05) is 57.0 Å². The first-order valence-electron chi connectivity index (χ1n) is 33.3. The number of benzene rings is 15. The zero-order valence-corrected chi connectivity index (χ0v) is 52.9. The van der Waals surface area contributed by atoms with E-state index in [0.717, 1.165) is 141 Å². The van der Waals surface area contributed by atoms with Crippen LogP contribution < -0.4 is 57.0 Å². The molecule has 4 heterocycles. The molecule has 452 valence electrons. The first-order chi connectivity index (χ1) is 48.1. The van der Waals surface area contributed by atoms with Crippen LogP contribution in [0.1, 0.15) is 0 Å². The number of hydrogen-bond donors (Lipinski definition) is 0. The molecule has 97 heavy (non-hydrogen) atoms. The van der Waals surface area contributed by atoms with Gasteiger partial charge in [0.1, 0.15) is 23.0 Å². The molecule has 0 aromatic heterocycles. The predicted octanol–water partition coefficient (Wildman–Crippen LogP) is 20.0. The second kappa shape index (κ2) is 23.2. The normalized spacial score (nSPS) is 12.6. The highest BCUT2D eigenvalue weighted by atomic mass is 16.5. The first-order valence-corrected chi connectivity index (χ1v) is 33.3. The Morgan fingerprint density at radius 3 is 1.10 bits per heavy atom. The Bertz CT molecular complexity index is 5420. The van der Waals surface area contributed by atoms with E-state index in [1.54, 1.807) is 0 Å². The van der Waals surface area contributed by atoms with Crippen molar-refractivity contribution in [1.29, 1.82) is 0 Å². The Morgan fingerprint density at radius 2 is 0.598 bits per heavy atom. The third-order valence-corrected chi connectivity index (χ3v) is 20.0. The van der Waals surface area contributed by atoms with Crippen molar-refractivity contribution in [1.82, 2.24) is 0 Å². The largest absolute Gasteiger partial charge is 0.458 e. The minimum Gasteiger partial charge on any atom is -0.458 e. The maximum atomic E-state index is 7.59. The summed E-state index contributed by atoms with van der Waals surface area (Å²) < 4.78 is 14.7. The summed E-state index contributed by atoms with van der Waals surface area (Å²) in [5.74, 6) is 3.23. The van der Waals surface area contributed by atoms with Crippen LogP contribution in [0.2, 0.25) is 0 Å². The monoisotopic (exact) mass is 1240 g/mol. The van der Waals surface area contributed by atoms with E-state index in [1.807, 2.05) is 0 Å². The SMILES string of the molecule is c1ccc(-c2ccc(N(c3ccc(-c4ccccc4)cc3)c3cc4c5c(c3)N(c3ccc(-c6ccccc6)cc3)c3cc6c(cc3B5c3ccccc3N4c3ccc(-c4ccccc4)cc3)B3c4ccccc4Oc4cc(-c5ccccc5-c5ccccc5)cc(c43)O6)cc2)cc1. The van der Waals surface area contributed by atoms with E-state index in [2.05, 4.69) is 373 Å². The lowest BCUT2D eigenvalue weighted by atomic mass is 9.31. The fourth-order valence-corrected chi connectivity index (χ4v) is 15.5. The van der Waals surface area contributed by atoms with E-state index in [0.29, 0.717) is 0 Å². The van der Waals surface area contributed by atoms with E-state index in [4.69, 9.17) is 9.47 Å². The van der Waals surface area contributed by atoms with Crippen LogP contribution in [0.15, 0.2) is 358 Å². The number of rotatable bonds is 11. The highest BCUT2D eigenvalue weighted by molar-refractivity contribution is 7.02. The summed E-state index contributed by atoms with van der Waals surface area (Å²) in [5, 5.41) is 0. The number of fused-ring (bicyclic) bond motifs is 8. The van der Waals surface area contributed by atoms with Crippen molar-refractivity contribution >= 4 is 97.4 Å². The summed E-state index contributed by atoms with van der Waals surface area (Å²) in [6.07, 6.45) is 0. The molecule has 0 N–H and O–H groups in total. The topological polar surface area (TPSA) is 28.2 Å². The first kappa shape index (κ1) is 56.0. The van der Waals surface area contributed by atoms with Gasteiger partial charge >= 0.3 is 0 Å². The number of ether oxygens (including phenoxy) is 2. The third kappa shape index (κ3) is 9.57. The van der Waals surface area contributed by atoms with Gasteiger partial charge in [0.25, 0.3) is 13.4 Å². The van der Waals surface area contributed by atoms with Crippen molar-refractivity contribution in [2.24, 2.45) is 0 Å². The standard InChI is InChI=1S/C90H59B2N3O2/c1-6-22-60(23-7-1)64-38-46-70(47-39-64)93(71-48-40-65(41-49-71)61-24-8-2-9-25-61)74-56-83-89-84(57-74)95(73-52-44-67(45-53-73)63-28-12-4-13-29-63)82-59-86-80(58-79(82)91(89)77-34-18-20-36-81(77)94(83)72-50-42-66(43-51-72)62-26-10-3-11-27-62)92-78-35-19-21-37-85(78)96-87-54-69(55-88(97-86)90(87)92)76-33-17-16-32-75(76)68-30-14-5-15-31-68/h1-59H. The average Bonchev–Trinajstić information content (AvgIpc) is 0.691. The third-order valence-electron chi connectivity index (χ3n) is 20.0. The maximum Gasteiger partial charge on any atom is 0.260 e. The Balaban J connectivity index is 0.870. The molecule has 0 bridgehead atoms. The van der Waals surface area contributed by atoms with Gasteiger partial charge in [-0.15, -0.1) is 0 Å². The molecular weight excluding hydrogens is 1180 g/mol. The van der Waals surface area contributed by atoms with Gasteiger partial charge in [-0.2, -0.15) is 0 Å². The lowest BCUT2D eigenvalue weighted by Crippen LogP contribution is -2.63.